The van der Waals surface area contributed by atoms with Gasteiger partial charge >= 0.3 is 31.9 Å². The van der Waals surface area contributed by atoms with Gasteiger partial charge in [0.15, 0.2) is 0 Å². The molecule has 0 amide bonds. The summed E-state index contributed by atoms with van der Waals surface area (Å²) in [5, 5.41) is -3.26. The summed E-state index contributed by atoms with van der Waals surface area (Å²) in [6.07, 6.45) is -6.57. The van der Waals surface area contributed by atoms with Gasteiger partial charge in [-0.25, -0.2) is 8.42 Å². The summed E-state index contributed by atoms with van der Waals surface area (Å²) in [4.78, 5) is 0. The third kappa shape index (κ3) is 6.77. The smallest absolute Gasteiger partial charge is 0.379 e. The minimum absolute atomic E-state index is 0.450. The number of nitrogens with one attached hydrogen (secondary N) is 2. The summed E-state index contributed by atoms with van der Waals surface area (Å²) in [6, 6.07) is 0. The lowest BCUT2D eigenvalue weighted by atomic mass is 10.5. The molecule has 21 heavy (non-hydrogen) atoms. The molecule has 15 heteroatoms. The monoisotopic (exact) mass is 368 g/mol. The van der Waals surface area contributed by atoms with Gasteiger partial charge in [-0.15, -0.1) is 0 Å². The van der Waals surface area contributed by atoms with Crippen molar-refractivity contribution in [2.24, 2.45) is 0 Å². The van der Waals surface area contributed by atoms with Gasteiger partial charge in [0.25, 0.3) is 0 Å². The second kappa shape index (κ2) is 7.08. The lowest BCUT2D eigenvalue weighted by molar-refractivity contribution is -0.241. The van der Waals surface area contributed by atoms with Crippen LogP contribution >= 0.6 is 0 Å². The van der Waals surface area contributed by atoms with E-state index in [4.69, 9.17) is 4.74 Å². The number of halogens is 6. The summed E-state index contributed by atoms with van der Waals surface area (Å²) < 4.78 is 114. The van der Waals surface area contributed by atoms with Crippen LogP contribution in [0.25, 0.3) is 0 Å². The largest absolute Gasteiger partial charge is 0.471 e. The molecule has 0 unspecified atom stereocenters. The lowest BCUT2D eigenvalue weighted by Gasteiger charge is -2.18. The van der Waals surface area contributed by atoms with Crippen LogP contribution in [0.3, 0.4) is 0 Å². The summed E-state index contributed by atoms with van der Waals surface area (Å²) in [5.41, 5.74) is 0. The summed E-state index contributed by atoms with van der Waals surface area (Å²) >= 11 is 0. The van der Waals surface area contributed by atoms with Gasteiger partial charge < -0.3 is 10.1 Å². The Kier molecular flexibility index (Phi) is 6.86. The molecule has 1 rings (SSSR count). The van der Waals surface area contributed by atoms with Crippen molar-refractivity contribution in [2.75, 3.05) is 26.3 Å². The first kappa shape index (κ1) is 20.4. The Bertz CT molecular complexity index is 515. The fourth-order valence-electron chi connectivity index (χ4n) is 0.851. The van der Waals surface area contributed by atoms with Crippen LogP contribution in [0.15, 0.2) is 0 Å². The molecule has 1 aliphatic rings. The third-order valence-electron chi connectivity index (χ3n) is 1.72. The van der Waals surface area contributed by atoms with Gasteiger partial charge in [0.05, 0.1) is 13.2 Å². The quantitative estimate of drug-likeness (QED) is 0.532. The fraction of sp³-hybridized carbons (Fsp3) is 1.00. The Balaban J connectivity index is 0.000000547. The van der Waals surface area contributed by atoms with Crippen LogP contribution < -0.4 is 9.44 Å². The molecular formula is C6H10F6N2O5S2. The van der Waals surface area contributed by atoms with E-state index in [9.17, 15) is 42.7 Å². The minimum Gasteiger partial charge on any atom is -0.379 e. The number of hydrogen-bond donors (Lipinski definition) is 2. The van der Waals surface area contributed by atoms with Crippen molar-refractivity contribution < 1.29 is 47.4 Å². The molecule has 0 saturated carbocycles. The molecule has 0 aromatic rings. The molecule has 0 radical (unpaired) electrons. The molecule has 0 aromatic heterocycles. The van der Waals surface area contributed by atoms with Crippen molar-refractivity contribution in [1.82, 2.24) is 9.44 Å². The van der Waals surface area contributed by atoms with Crippen LogP contribution in [0, 0.1) is 0 Å². The zero-order valence-electron chi connectivity index (χ0n) is 9.95. The molecule has 2 N–H and O–H groups in total. The zero-order chi connectivity index (χ0) is 16.9. The highest BCUT2D eigenvalue weighted by atomic mass is 32.3. The second-order valence-corrected chi connectivity index (χ2v) is 6.46. The van der Waals surface area contributed by atoms with Gasteiger partial charge in [-0.2, -0.15) is 30.4 Å². The summed E-state index contributed by atoms with van der Waals surface area (Å²) in [5.74, 6) is 0. The number of alkyl halides is 5. The molecule has 128 valence electrons. The van der Waals surface area contributed by atoms with Crippen molar-refractivity contribution in [2.45, 2.75) is 11.4 Å². The van der Waals surface area contributed by atoms with Crippen molar-refractivity contribution >= 4 is 20.4 Å². The molecule has 7 nitrogen and oxygen atoms in total. The number of morpholine rings is 1. The standard InChI is InChI=1S/C4H9NO.C2HF6NO4S2/c1-3-6-4-2-5-1;3-1(4,5)2(6,7)14(10,11)9-15(8,12)13/h5H,1-4H2;9H. The van der Waals surface area contributed by atoms with Gasteiger partial charge in [-0.05, 0) is 0 Å². The number of rotatable bonds is 3. The first-order chi connectivity index (χ1) is 9.21. The molecule has 0 aromatic carbocycles. The maximum atomic E-state index is 12.0. The van der Waals surface area contributed by atoms with Crippen LogP contribution in [0.1, 0.15) is 0 Å². The van der Waals surface area contributed by atoms with Gasteiger partial charge in [-0.1, -0.05) is 8.01 Å². The second-order valence-electron chi connectivity index (χ2n) is 3.40. The third-order valence-corrected chi connectivity index (χ3v) is 4.30. The Morgan fingerprint density at radius 1 is 0.952 bits per heavy atom. The molecule has 0 bridgehead atoms. The Morgan fingerprint density at radius 3 is 1.57 bits per heavy atom. The van der Waals surface area contributed by atoms with Gasteiger partial charge in [-0.3, -0.25) is 0 Å². The molecule has 1 aliphatic heterocycles. The van der Waals surface area contributed by atoms with Crippen LogP contribution in [0.2, 0.25) is 0 Å². The van der Waals surface area contributed by atoms with E-state index in [2.05, 4.69) is 5.32 Å². The number of hydrogen-bond acceptors (Lipinski definition) is 6. The summed E-state index contributed by atoms with van der Waals surface area (Å²) in [6.45, 7) is 3.83. The first-order valence-electron chi connectivity index (χ1n) is 4.91. The Morgan fingerprint density at radius 2 is 1.38 bits per heavy atom. The van der Waals surface area contributed by atoms with Crippen molar-refractivity contribution in [3.63, 3.8) is 0 Å². The predicted molar refractivity (Wildman–Crippen MR) is 56.8 cm³/mol. The van der Waals surface area contributed by atoms with E-state index in [1.165, 1.54) is 0 Å². The first-order valence-corrected chi connectivity index (χ1v) is 7.78. The molecule has 1 saturated heterocycles. The molecular weight excluding hydrogens is 358 g/mol. The average Bonchev–Trinajstić information content (AvgIpc) is 2.27. The van der Waals surface area contributed by atoms with E-state index in [1.807, 2.05) is 0 Å². The SMILES string of the molecule is C1COCCN1.O=S(=O)(F)NS(=O)(=O)C(F)(F)C(F)(F)F. The van der Waals surface area contributed by atoms with Gasteiger partial charge in [0, 0.05) is 13.1 Å². The maximum Gasteiger partial charge on any atom is 0.471 e. The van der Waals surface area contributed by atoms with E-state index in [-0.39, 0.29) is 0 Å². The normalized spacial score (nSPS) is 17.8. The van der Waals surface area contributed by atoms with Crippen molar-refractivity contribution in [1.29, 1.82) is 0 Å². The number of sulfonamides is 1. The lowest BCUT2D eigenvalue weighted by Crippen LogP contribution is -2.50. The highest BCUT2D eigenvalue weighted by molar-refractivity contribution is 8.03. The van der Waals surface area contributed by atoms with Gasteiger partial charge in [0.2, 0.25) is 0 Å². The molecule has 1 heterocycles. The van der Waals surface area contributed by atoms with Crippen molar-refractivity contribution in [3.05, 3.63) is 0 Å². The van der Waals surface area contributed by atoms with E-state index in [1.54, 1.807) is 0 Å². The van der Waals surface area contributed by atoms with Gasteiger partial charge in [0.1, 0.15) is 0 Å². The van der Waals surface area contributed by atoms with E-state index in [0.29, 0.717) is 0 Å². The molecule has 0 aliphatic carbocycles. The Labute approximate surface area is 116 Å². The number of ether oxygens (including phenoxy) is 1. The van der Waals surface area contributed by atoms with E-state index < -0.39 is 36.0 Å². The zero-order valence-corrected chi connectivity index (χ0v) is 11.6. The fourth-order valence-corrected chi connectivity index (χ4v) is 2.62. The van der Waals surface area contributed by atoms with Crippen LogP contribution in [0.5, 0.6) is 0 Å². The van der Waals surface area contributed by atoms with Crippen molar-refractivity contribution in [3.8, 4) is 0 Å². The topological polar surface area (TPSA) is 102 Å². The molecule has 1 fully saturated rings. The molecule has 0 spiro atoms. The van der Waals surface area contributed by atoms with Crippen LogP contribution in [0.4, 0.5) is 25.8 Å². The van der Waals surface area contributed by atoms with Crippen LogP contribution in [-0.2, 0) is 25.2 Å². The molecule has 0 atom stereocenters. The Hall–Kier alpha value is -0.640. The van der Waals surface area contributed by atoms with Crippen LogP contribution in [-0.4, -0.2) is 54.6 Å². The van der Waals surface area contributed by atoms with E-state index >= 15 is 0 Å². The highest BCUT2D eigenvalue weighted by Crippen LogP contribution is 2.39. The van der Waals surface area contributed by atoms with E-state index in [0.717, 1.165) is 26.3 Å². The average molecular weight is 368 g/mol. The maximum absolute atomic E-state index is 12.0. The predicted octanol–water partition coefficient (Wildman–Crippen LogP) is -0.119. The minimum atomic E-state index is -6.75. The highest BCUT2D eigenvalue weighted by Gasteiger charge is 2.68. The summed E-state index contributed by atoms with van der Waals surface area (Å²) in [7, 11) is -13.0.